The summed E-state index contributed by atoms with van der Waals surface area (Å²) in [4.78, 5) is 12.4. The van der Waals surface area contributed by atoms with E-state index in [-0.39, 0.29) is 5.91 Å². The summed E-state index contributed by atoms with van der Waals surface area (Å²) in [6, 6.07) is 13.1. The van der Waals surface area contributed by atoms with Gasteiger partial charge in [-0.05, 0) is 49.6 Å². The summed E-state index contributed by atoms with van der Waals surface area (Å²) in [5.41, 5.74) is 2.65. The third kappa shape index (κ3) is 4.01. The Morgan fingerprint density at radius 1 is 1.23 bits per heavy atom. The Labute approximate surface area is 136 Å². The molecule has 1 atom stereocenters. The fourth-order valence-electron chi connectivity index (χ4n) is 2.26. The van der Waals surface area contributed by atoms with Crippen molar-refractivity contribution in [3.8, 4) is 5.75 Å². The minimum atomic E-state index is -0.556. The molecule has 0 aromatic heterocycles. The molecule has 0 spiro atoms. The number of benzene rings is 2. The fourth-order valence-corrected chi connectivity index (χ4v) is 2.63. The first-order valence-electron chi connectivity index (χ1n) is 7.30. The standard InChI is InChI=1S/C18H20ClNO2/c1-4-16(22-14-8-6-5-7-9-14)18(21)20-17-13(3)10-12(2)11-15(17)19/h5-11,16H,4H2,1-3H3,(H,20,21). The SMILES string of the molecule is CCC(Oc1ccccc1)C(=O)Nc1c(C)cc(C)cc1Cl. The van der Waals surface area contributed by atoms with Gasteiger partial charge >= 0.3 is 0 Å². The van der Waals surface area contributed by atoms with Gasteiger partial charge in [0.2, 0.25) is 0 Å². The number of carbonyl (C=O) groups is 1. The molecule has 22 heavy (non-hydrogen) atoms. The van der Waals surface area contributed by atoms with Crippen LogP contribution in [0.3, 0.4) is 0 Å². The van der Waals surface area contributed by atoms with Crippen LogP contribution in [0, 0.1) is 13.8 Å². The number of anilines is 1. The molecule has 0 fully saturated rings. The summed E-state index contributed by atoms with van der Waals surface area (Å²) < 4.78 is 5.75. The maximum atomic E-state index is 12.4. The van der Waals surface area contributed by atoms with Crippen LogP contribution in [-0.2, 0) is 4.79 Å². The van der Waals surface area contributed by atoms with Crippen molar-refractivity contribution in [2.75, 3.05) is 5.32 Å². The molecule has 0 bridgehead atoms. The van der Waals surface area contributed by atoms with Gasteiger partial charge < -0.3 is 10.1 Å². The Kier molecular flexibility index (Phi) is 5.45. The normalized spacial score (nSPS) is 11.8. The second-order valence-corrected chi connectivity index (χ2v) is 5.66. The number of aryl methyl sites for hydroxylation is 2. The van der Waals surface area contributed by atoms with E-state index in [1.54, 1.807) is 0 Å². The van der Waals surface area contributed by atoms with Gasteiger partial charge in [0, 0.05) is 0 Å². The van der Waals surface area contributed by atoms with E-state index in [0.717, 1.165) is 11.1 Å². The van der Waals surface area contributed by atoms with E-state index in [2.05, 4.69) is 5.32 Å². The van der Waals surface area contributed by atoms with Crippen LogP contribution in [0.2, 0.25) is 5.02 Å². The minimum absolute atomic E-state index is 0.194. The van der Waals surface area contributed by atoms with Crippen molar-refractivity contribution >= 4 is 23.2 Å². The number of amides is 1. The van der Waals surface area contributed by atoms with Crippen LogP contribution in [0.25, 0.3) is 0 Å². The molecule has 2 aromatic rings. The van der Waals surface area contributed by atoms with Crippen LogP contribution in [0.4, 0.5) is 5.69 Å². The van der Waals surface area contributed by atoms with E-state index in [1.807, 2.05) is 63.2 Å². The molecule has 0 aliphatic carbocycles. The molecule has 2 rings (SSSR count). The number of carbonyl (C=O) groups excluding carboxylic acids is 1. The molecule has 2 aromatic carbocycles. The first-order chi connectivity index (χ1) is 10.5. The maximum Gasteiger partial charge on any atom is 0.265 e. The van der Waals surface area contributed by atoms with Gasteiger partial charge in [0.25, 0.3) is 5.91 Å². The Bertz CT molecular complexity index is 632. The summed E-state index contributed by atoms with van der Waals surface area (Å²) in [6.07, 6.45) is 0.0163. The second-order valence-electron chi connectivity index (χ2n) is 5.26. The zero-order valence-corrected chi connectivity index (χ0v) is 13.8. The molecule has 1 N–H and O–H groups in total. The largest absolute Gasteiger partial charge is 0.481 e. The maximum absolute atomic E-state index is 12.4. The monoisotopic (exact) mass is 317 g/mol. The van der Waals surface area contributed by atoms with Gasteiger partial charge in [0.05, 0.1) is 10.7 Å². The molecular weight excluding hydrogens is 298 g/mol. The summed E-state index contributed by atoms with van der Waals surface area (Å²) in [5, 5.41) is 3.42. The Hall–Kier alpha value is -2.00. The number of rotatable bonds is 5. The van der Waals surface area contributed by atoms with Crippen molar-refractivity contribution in [1.29, 1.82) is 0 Å². The Morgan fingerprint density at radius 3 is 2.50 bits per heavy atom. The summed E-state index contributed by atoms with van der Waals surface area (Å²) >= 11 is 6.23. The van der Waals surface area contributed by atoms with Gasteiger partial charge in [0.1, 0.15) is 5.75 Å². The lowest BCUT2D eigenvalue weighted by molar-refractivity contribution is -0.122. The Morgan fingerprint density at radius 2 is 1.91 bits per heavy atom. The van der Waals surface area contributed by atoms with Crippen molar-refractivity contribution in [2.45, 2.75) is 33.3 Å². The molecule has 0 aliphatic heterocycles. The smallest absolute Gasteiger partial charge is 0.265 e. The number of ether oxygens (including phenoxy) is 1. The summed E-state index contributed by atoms with van der Waals surface area (Å²) in [6.45, 7) is 5.81. The predicted molar refractivity (Wildman–Crippen MR) is 90.7 cm³/mol. The highest BCUT2D eigenvalue weighted by Gasteiger charge is 2.20. The van der Waals surface area contributed by atoms with E-state index in [0.29, 0.717) is 22.9 Å². The van der Waals surface area contributed by atoms with Gasteiger partial charge in [-0.2, -0.15) is 0 Å². The van der Waals surface area contributed by atoms with Crippen molar-refractivity contribution in [3.63, 3.8) is 0 Å². The van der Waals surface area contributed by atoms with Gasteiger partial charge in [-0.25, -0.2) is 0 Å². The average Bonchev–Trinajstić information content (AvgIpc) is 2.49. The molecule has 3 nitrogen and oxygen atoms in total. The van der Waals surface area contributed by atoms with Crippen LogP contribution in [-0.4, -0.2) is 12.0 Å². The van der Waals surface area contributed by atoms with Gasteiger partial charge in [0.15, 0.2) is 6.10 Å². The molecule has 116 valence electrons. The van der Waals surface area contributed by atoms with Crippen molar-refractivity contribution in [3.05, 3.63) is 58.6 Å². The zero-order valence-electron chi connectivity index (χ0n) is 13.0. The zero-order chi connectivity index (χ0) is 16.1. The lowest BCUT2D eigenvalue weighted by Gasteiger charge is -2.19. The van der Waals surface area contributed by atoms with Crippen LogP contribution in [0.1, 0.15) is 24.5 Å². The third-order valence-corrected chi connectivity index (χ3v) is 3.66. The average molecular weight is 318 g/mol. The summed E-state index contributed by atoms with van der Waals surface area (Å²) in [5.74, 6) is 0.483. The number of para-hydroxylation sites is 1. The lowest BCUT2D eigenvalue weighted by atomic mass is 10.1. The molecule has 4 heteroatoms. The first-order valence-corrected chi connectivity index (χ1v) is 7.68. The van der Waals surface area contributed by atoms with E-state index >= 15 is 0 Å². The van der Waals surface area contributed by atoms with E-state index in [1.165, 1.54) is 0 Å². The van der Waals surface area contributed by atoms with Crippen LogP contribution >= 0.6 is 11.6 Å². The lowest BCUT2D eigenvalue weighted by Crippen LogP contribution is -2.32. The molecule has 0 saturated carbocycles. The molecule has 0 aliphatic rings. The molecular formula is C18H20ClNO2. The number of hydrogen-bond donors (Lipinski definition) is 1. The van der Waals surface area contributed by atoms with Gasteiger partial charge in [-0.15, -0.1) is 0 Å². The van der Waals surface area contributed by atoms with Crippen molar-refractivity contribution in [2.24, 2.45) is 0 Å². The molecule has 1 amide bonds. The first kappa shape index (κ1) is 16.4. The van der Waals surface area contributed by atoms with E-state index < -0.39 is 6.10 Å². The van der Waals surface area contributed by atoms with Crippen LogP contribution in [0.15, 0.2) is 42.5 Å². The number of halogens is 1. The van der Waals surface area contributed by atoms with E-state index in [9.17, 15) is 4.79 Å². The van der Waals surface area contributed by atoms with Crippen LogP contribution < -0.4 is 10.1 Å². The van der Waals surface area contributed by atoms with Gasteiger partial charge in [-0.1, -0.05) is 42.8 Å². The molecule has 0 heterocycles. The second kappa shape index (κ2) is 7.32. The highest BCUT2D eigenvalue weighted by molar-refractivity contribution is 6.34. The summed E-state index contributed by atoms with van der Waals surface area (Å²) in [7, 11) is 0. The van der Waals surface area contributed by atoms with Crippen LogP contribution in [0.5, 0.6) is 5.75 Å². The Balaban J connectivity index is 2.13. The highest BCUT2D eigenvalue weighted by atomic mass is 35.5. The predicted octanol–water partition coefficient (Wildman–Crippen LogP) is 4.75. The van der Waals surface area contributed by atoms with Crippen molar-refractivity contribution in [1.82, 2.24) is 0 Å². The molecule has 0 saturated heterocycles. The fraction of sp³-hybridized carbons (Fsp3) is 0.278. The quantitative estimate of drug-likeness (QED) is 0.864. The van der Waals surface area contributed by atoms with E-state index in [4.69, 9.17) is 16.3 Å². The van der Waals surface area contributed by atoms with Crippen molar-refractivity contribution < 1.29 is 9.53 Å². The van der Waals surface area contributed by atoms with Gasteiger partial charge in [-0.3, -0.25) is 4.79 Å². The number of nitrogens with one attached hydrogen (secondary N) is 1. The molecule has 0 radical (unpaired) electrons. The number of hydrogen-bond acceptors (Lipinski definition) is 2. The minimum Gasteiger partial charge on any atom is -0.481 e. The highest BCUT2D eigenvalue weighted by Crippen LogP contribution is 2.27. The molecule has 1 unspecified atom stereocenters. The third-order valence-electron chi connectivity index (χ3n) is 3.36. The topological polar surface area (TPSA) is 38.3 Å².